The third kappa shape index (κ3) is 4.25. The molecule has 3 aromatic rings. The summed E-state index contributed by atoms with van der Waals surface area (Å²) in [5, 5.41) is 3.24. The molecule has 0 saturated heterocycles. The van der Waals surface area contributed by atoms with E-state index in [9.17, 15) is 9.59 Å². The molecular formula is C18H15ClN4O2S. The lowest BCUT2D eigenvalue weighted by Gasteiger charge is -2.12. The second-order valence-electron chi connectivity index (χ2n) is 5.31. The van der Waals surface area contributed by atoms with Crippen molar-refractivity contribution in [2.45, 2.75) is 5.16 Å². The van der Waals surface area contributed by atoms with Gasteiger partial charge in [-0.15, -0.1) is 0 Å². The van der Waals surface area contributed by atoms with Gasteiger partial charge >= 0.3 is 6.03 Å². The zero-order valence-corrected chi connectivity index (χ0v) is 15.1. The molecule has 0 saturated carbocycles. The number of aromatic nitrogens is 2. The van der Waals surface area contributed by atoms with Gasteiger partial charge in [0.2, 0.25) is 5.91 Å². The molecule has 2 aromatic carbocycles. The number of nitrogens with one attached hydrogen (secondary N) is 1. The predicted octanol–water partition coefficient (Wildman–Crippen LogP) is 3.48. The lowest BCUT2D eigenvalue weighted by Crippen LogP contribution is -2.36. The molecule has 0 aliphatic heterocycles. The molecule has 0 radical (unpaired) electrons. The summed E-state index contributed by atoms with van der Waals surface area (Å²) in [7, 11) is 0. The number of hydrogen-bond donors (Lipinski definition) is 2. The van der Waals surface area contributed by atoms with Gasteiger partial charge in [0.1, 0.15) is 0 Å². The van der Waals surface area contributed by atoms with Gasteiger partial charge in [-0.1, -0.05) is 59.8 Å². The third-order valence-corrected chi connectivity index (χ3v) is 4.65. The van der Waals surface area contributed by atoms with Crippen LogP contribution in [0.25, 0.3) is 16.9 Å². The van der Waals surface area contributed by atoms with Crippen LogP contribution in [0, 0.1) is 0 Å². The highest BCUT2D eigenvalue weighted by Crippen LogP contribution is 2.30. The Kier molecular flexibility index (Phi) is 5.60. The van der Waals surface area contributed by atoms with Crippen molar-refractivity contribution in [1.82, 2.24) is 14.9 Å². The number of nitrogens with two attached hydrogens (primary N) is 1. The van der Waals surface area contributed by atoms with Crippen molar-refractivity contribution in [2.24, 2.45) is 5.73 Å². The van der Waals surface area contributed by atoms with E-state index in [4.69, 9.17) is 17.3 Å². The summed E-state index contributed by atoms with van der Waals surface area (Å²) in [4.78, 5) is 26.9. The number of carbonyl (C=O) groups excluding carboxylic acids is 2. The minimum atomic E-state index is -0.876. The number of benzene rings is 2. The summed E-state index contributed by atoms with van der Waals surface area (Å²) < 4.78 is 1.92. The van der Waals surface area contributed by atoms with Crippen molar-refractivity contribution in [3.05, 3.63) is 65.8 Å². The third-order valence-electron chi connectivity index (χ3n) is 3.46. The molecule has 26 heavy (non-hydrogen) atoms. The SMILES string of the molecule is NC(=O)NC(=O)CSc1ncc(-c2ccccc2)n1-c1cccc(Cl)c1. The van der Waals surface area contributed by atoms with Crippen molar-refractivity contribution in [3.8, 4) is 16.9 Å². The molecule has 1 aromatic heterocycles. The number of imidazole rings is 1. The molecule has 0 bridgehead atoms. The Bertz CT molecular complexity index is 943. The zero-order chi connectivity index (χ0) is 18.5. The second kappa shape index (κ2) is 8.07. The van der Waals surface area contributed by atoms with Gasteiger partial charge in [-0.25, -0.2) is 9.78 Å². The van der Waals surface area contributed by atoms with E-state index >= 15 is 0 Å². The number of hydrogen-bond acceptors (Lipinski definition) is 4. The standard InChI is InChI=1S/C18H15ClN4O2S/c19-13-7-4-8-14(9-13)23-15(12-5-2-1-3-6-12)10-21-18(23)26-11-16(24)22-17(20)25/h1-10H,11H2,(H3,20,22,24,25). The largest absolute Gasteiger partial charge is 0.351 e. The van der Waals surface area contributed by atoms with E-state index < -0.39 is 11.9 Å². The number of carbonyl (C=O) groups is 2. The maximum Gasteiger partial charge on any atom is 0.318 e. The number of rotatable bonds is 5. The molecule has 3 amide bonds. The Morgan fingerprint density at radius 2 is 1.92 bits per heavy atom. The highest BCUT2D eigenvalue weighted by molar-refractivity contribution is 7.99. The van der Waals surface area contributed by atoms with Gasteiger partial charge in [-0.05, 0) is 18.2 Å². The molecule has 0 aliphatic carbocycles. The fraction of sp³-hybridized carbons (Fsp3) is 0.0556. The predicted molar refractivity (Wildman–Crippen MR) is 102 cm³/mol. The Morgan fingerprint density at radius 3 is 2.62 bits per heavy atom. The van der Waals surface area contributed by atoms with E-state index in [2.05, 4.69) is 4.98 Å². The van der Waals surface area contributed by atoms with Crippen LogP contribution >= 0.6 is 23.4 Å². The van der Waals surface area contributed by atoms with Gasteiger partial charge in [0.15, 0.2) is 5.16 Å². The maximum atomic E-state index is 11.7. The first-order valence-corrected chi connectivity index (χ1v) is 9.02. The van der Waals surface area contributed by atoms with E-state index in [0.29, 0.717) is 10.2 Å². The van der Waals surface area contributed by atoms with Crippen LogP contribution < -0.4 is 11.1 Å². The number of imide groups is 1. The minimum Gasteiger partial charge on any atom is -0.351 e. The first-order valence-electron chi connectivity index (χ1n) is 7.66. The van der Waals surface area contributed by atoms with E-state index in [1.807, 2.05) is 58.4 Å². The van der Waals surface area contributed by atoms with Crippen LogP contribution in [-0.4, -0.2) is 27.2 Å². The first kappa shape index (κ1) is 18.0. The Morgan fingerprint density at radius 1 is 1.15 bits per heavy atom. The molecular weight excluding hydrogens is 372 g/mol. The Hall–Kier alpha value is -2.77. The van der Waals surface area contributed by atoms with Gasteiger partial charge in [-0.2, -0.15) is 0 Å². The van der Waals surface area contributed by atoms with E-state index in [1.165, 1.54) is 11.8 Å². The van der Waals surface area contributed by atoms with Crippen molar-refractivity contribution in [2.75, 3.05) is 5.75 Å². The number of urea groups is 1. The number of nitrogens with zero attached hydrogens (tertiary/aromatic N) is 2. The summed E-state index contributed by atoms with van der Waals surface area (Å²) in [5.41, 5.74) is 7.64. The first-order chi connectivity index (χ1) is 12.5. The number of halogens is 1. The molecule has 8 heteroatoms. The minimum absolute atomic E-state index is 0.00868. The van der Waals surface area contributed by atoms with Crippen molar-refractivity contribution >= 4 is 35.3 Å². The van der Waals surface area contributed by atoms with Crippen molar-refractivity contribution in [1.29, 1.82) is 0 Å². The normalized spacial score (nSPS) is 10.5. The van der Waals surface area contributed by atoms with E-state index in [-0.39, 0.29) is 5.75 Å². The average molecular weight is 387 g/mol. The lowest BCUT2D eigenvalue weighted by atomic mass is 10.1. The topological polar surface area (TPSA) is 90.0 Å². The Balaban J connectivity index is 1.98. The molecule has 0 spiro atoms. The molecule has 1 heterocycles. The van der Waals surface area contributed by atoms with Crippen LogP contribution in [0.1, 0.15) is 0 Å². The van der Waals surface area contributed by atoms with Gasteiger partial charge in [0.25, 0.3) is 0 Å². The molecule has 0 unspecified atom stereocenters. The molecule has 3 N–H and O–H groups in total. The van der Waals surface area contributed by atoms with Crippen LogP contribution in [0.2, 0.25) is 5.02 Å². The van der Waals surface area contributed by atoms with Crippen molar-refractivity contribution < 1.29 is 9.59 Å². The Labute approximate surface area is 159 Å². The van der Waals surface area contributed by atoms with Crippen LogP contribution in [0.4, 0.5) is 4.79 Å². The van der Waals surface area contributed by atoms with Gasteiger partial charge in [0, 0.05) is 16.3 Å². The number of primary amides is 1. The highest BCUT2D eigenvalue weighted by Gasteiger charge is 2.16. The van der Waals surface area contributed by atoms with Crippen LogP contribution in [-0.2, 0) is 4.79 Å². The van der Waals surface area contributed by atoms with Crippen molar-refractivity contribution in [3.63, 3.8) is 0 Å². The summed E-state index contributed by atoms with van der Waals surface area (Å²) in [6.07, 6.45) is 1.74. The molecule has 0 aliphatic rings. The summed E-state index contributed by atoms with van der Waals surface area (Å²) in [6, 6.07) is 16.3. The summed E-state index contributed by atoms with van der Waals surface area (Å²) >= 11 is 7.34. The quantitative estimate of drug-likeness (QED) is 0.657. The average Bonchev–Trinajstić information content (AvgIpc) is 3.04. The number of thioether (sulfide) groups is 1. The van der Waals surface area contributed by atoms with Gasteiger partial charge in [-0.3, -0.25) is 14.7 Å². The molecule has 6 nitrogen and oxygen atoms in total. The second-order valence-corrected chi connectivity index (χ2v) is 6.69. The molecule has 0 atom stereocenters. The van der Waals surface area contributed by atoms with Gasteiger partial charge < -0.3 is 5.73 Å². The molecule has 3 rings (SSSR count). The highest BCUT2D eigenvalue weighted by atomic mass is 35.5. The van der Waals surface area contributed by atoms with E-state index in [1.54, 1.807) is 12.3 Å². The fourth-order valence-electron chi connectivity index (χ4n) is 2.42. The van der Waals surface area contributed by atoms with Crippen LogP contribution in [0.3, 0.4) is 0 Å². The zero-order valence-electron chi connectivity index (χ0n) is 13.6. The monoisotopic (exact) mass is 386 g/mol. The smallest absolute Gasteiger partial charge is 0.318 e. The van der Waals surface area contributed by atoms with Gasteiger partial charge in [0.05, 0.1) is 17.6 Å². The lowest BCUT2D eigenvalue weighted by molar-refractivity contribution is -0.117. The van der Waals surface area contributed by atoms with E-state index in [0.717, 1.165) is 16.9 Å². The molecule has 0 fully saturated rings. The van der Waals surface area contributed by atoms with Crippen LogP contribution in [0.15, 0.2) is 66.0 Å². The fourth-order valence-corrected chi connectivity index (χ4v) is 3.39. The molecule has 132 valence electrons. The number of amides is 3. The maximum absolute atomic E-state index is 11.7. The van der Waals surface area contributed by atoms with Crippen LogP contribution in [0.5, 0.6) is 0 Å². The summed E-state index contributed by atoms with van der Waals surface area (Å²) in [6.45, 7) is 0. The summed E-state index contributed by atoms with van der Waals surface area (Å²) in [5.74, 6) is -0.473.